The van der Waals surface area contributed by atoms with Crippen LogP contribution in [0.25, 0.3) is 0 Å². The molecule has 0 spiro atoms. The van der Waals surface area contributed by atoms with Crippen molar-refractivity contribution in [1.29, 1.82) is 0 Å². The van der Waals surface area contributed by atoms with Crippen LogP contribution in [0.4, 0.5) is 4.39 Å². The molecule has 0 aromatic carbocycles. The number of hydrogen-bond acceptors (Lipinski definition) is 2. The number of hydrogen-bond donors (Lipinski definition) is 2. The van der Waals surface area contributed by atoms with Crippen molar-refractivity contribution >= 4 is 0 Å². The van der Waals surface area contributed by atoms with E-state index in [2.05, 4.69) is 10.6 Å². The highest BCUT2D eigenvalue weighted by molar-refractivity contribution is 4.87. The normalized spacial score (nSPS) is 34.2. The van der Waals surface area contributed by atoms with E-state index >= 15 is 0 Å². The van der Waals surface area contributed by atoms with E-state index in [-0.39, 0.29) is 5.92 Å². The van der Waals surface area contributed by atoms with Crippen LogP contribution in [-0.2, 0) is 0 Å². The number of halogens is 1. The fraction of sp³-hybridized carbons (Fsp3) is 1.00. The molecule has 12 heavy (non-hydrogen) atoms. The topological polar surface area (TPSA) is 24.1 Å². The molecular weight excluding hydrogens is 155 g/mol. The Morgan fingerprint density at radius 3 is 2.33 bits per heavy atom. The average molecular weight is 172 g/mol. The molecule has 0 amide bonds. The van der Waals surface area contributed by atoms with Gasteiger partial charge in [-0.2, -0.15) is 0 Å². The quantitative estimate of drug-likeness (QED) is 0.635. The lowest BCUT2D eigenvalue weighted by Crippen LogP contribution is -2.51. The van der Waals surface area contributed by atoms with E-state index in [9.17, 15) is 4.39 Å². The highest BCUT2D eigenvalue weighted by atomic mass is 19.1. The van der Waals surface area contributed by atoms with Gasteiger partial charge in [0.1, 0.15) is 6.17 Å². The molecule has 0 aromatic rings. The minimum atomic E-state index is -0.570. The molecule has 2 fully saturated rings. The molecule has 0 saturated carbocycles. The van der Waals surface area contributed by atoms with Gasteiger partial charge in [-0.1, -0.05) is 0 Å². The van der Waals surface area contributed by atoms with Gasteiger partial charge in [-0.15, -0.1) is 0 Å². The Morgan fingerprint density at radius 1 is 1.08 bits per heavy atom. The Kier molecular flexibility index (Phi) is 2.61. The molecule has 70 valence electrons. The van der Waals surface area contributed by atoms with Crippen LogP contribution in [0.3, 0.4) is 0 Å². The number of rotatable bonds is 2. The van der Waals surface area contributed by atoms with Crippen molar-refractivity contribution < 1.29 is 4.39 Å². The summed E-state index contributed by atoms with van der Waals surface area (Å²) in [6, 6.07) is 0. The third-order valence-corrected chi connectivity index (χ3v) is 3.05. The average Bonchev–Trinajstić information content (AvgIpc) is 2.03. The predicted molar refractivity (Wildman–Crippen MR) is 46.8 cm³/mol. The van der Waals surface area contributed by atoms with Gasteiger partial charge in [0, 0.05) is 31.5 Å². The third kappa shape index (κ3) is 1.62. The Bertz CT molecular complexity index is 141. The van der Waals surface area contributed by atoms with Crippen LogP contribution >= 0.6 is 0 Å². The summed E-state index contributed by atoms with van der Waals surface area (Å²) in [5.74, 6) is 0.584. The van der Waals surface area contributed by atoms with Crippen molar-refractivity contribution in [2.45, 2.75) is 19.0 Å². The highest BCUT2D eigenvalue weighted by Gasteiger charge is 2.33. The van der Waals surface area contributed by atoms with Crippen LogP contribution < -0.4 is 10.6 Å². The lowest BCUT2D eigenvalue weighted by Gasteiger charge is -2.36. The summed E-state index contributed by atoms with van der Waals surface area (Å²) >= 11 is 0. The second kappa shape index (κ2) is 3.71. The lowest BCUT2D eigenvalue weighted by atomic mass is 9.84. The van der Waals surface area contributed by atoms with Crippen LogP contribution in [0, 0.1) is 11.8 Å². The second-order valence-corrected chi connectivity index (χ2v) is 3.97. The molecule has 2 N–H and O–H groups in total. The van der Waals surface area contributed by atoms with Gasteiger partial charge < -0.3 is 10.6 Å². The Hall–Kier alpha value is -0.150. The van der Waals surface area contributed by atoms with Crippen LogP contribution in [0.1, 0.15) is 12.8 Å². The molecule has 2 atom stereocenters. The van der Waals surface area contributed by atoms with Crippen LogP contribution in [0.2, 0.25) is 0 Å². The highest BCUT2D eigenvalue weighted by Crippen LogP contribution is 2.25. The number of alkyl halides is 1. The van der Waals surface area contributed by atoms with Gasteiger partial charge in [-0.05, 0) is 19.4 Å². The van der Waals surface area contributed by atoms with Gasteiger partial charge in [-0.3, -0.25) is 0 Å². The first-order chi connectivity index (χ1) is 5.88. The molecule has 0 aromatic heterocycles. The van der Waals surface area contributed by atoms with E-state index < -0.39 is 6.17 Å². The zero-order valence-corrected chi connectivity index (χ0v) is 7.35. The van der Waals surface area contributed by atoms with Gasteiger partial charge in [0.05, 0.1) is 0 Å². The first-order valence-electron chi connectivity index (χ1n) is 4.93. The molecule has 3 heteroatoms. The van der Waals surface area contributed by atoms with Crippen molar-refractivity contribution in [1.82, 2.24) is 10.6 Å². The van der Waals surface area contributed by atoms with E-state index in [0.717, 1.165) is 39.0 Å². The van der Waals surface area contributed by atoms with Crippen LogP contribution in [0.5, 0.6) is 0 Å². The van der Waals surface area contributed by atoms with Crippen molar-refractivity contribution in [2.24, 2.45) is 11.8 Å². The summed E-state index contributed by atoms with van der Waals surface area (Å²) in [5.41, 5.74) is 0. The fourth-order valence-electron chi connectivity index (χ4n) is 2.07. The molecule has 2 aliphatic heterocycles. The van der Waals surface area contributed by atoms with Gasteiger partial charge >= 0.3 is 0 Å². The summed E-state index contributed by atoms with van der Waals surface area (Å²) in [7, 11) is 0. The summed E-state index contributed by atoms with van der Waals surface area (Å²) in [6.07, 6.45) is 1.65. The van der Waals surface area contributed by atoms with Gasteiger partial charge in [0.2, 0.25) is 0 Å². The largest absolute Gasteiger partial charge is 0.316 e. The SMILES string of the molecule is FC(C1CCCNC1)C1CNC1. The van der Waals surface area contributed by atoms with E-state index in [4.69, 9.17) is 0 Å². The lowest BCUT2D eigenvalue weighted by molar-refractivity contribution is 0.0944. The maximum atomic E-state index is 13.7. The summed E-state index contributed by atoms with van der Waals surface area (Å²) < 4.78 is 13.7. The van der Waals surface area contributed by atoms with Gasteiger partial charge in [0.15, 0.2) is 0 Å². The molecular formula is C9H17FN2. The maximum Gasteiger partial charge on any atom is 0.109 e. The minimum absolute atomic E-state index is 0.283. The predicted octanol–water partition coefficient (Wildman–Crippen LogP) is 0.543. The first kappa shape index (κ1) is 8.45. The summed E-state index contributed by atoms with van der Waals surface area (Å²) in [6.45, 7) is 3.74. The second-order valence-electron chi connectivity index (χ2n) is 3.97. The minimum Gasteiger partial charge on any atom is -0.316 e. The molecule has 2 aliphatic rings. The molecule has 2 saturated heterocycles. The molecule has 2 rings (SSSR count). The molecule has 0 radical (unpaired) electrons. The Labute approximate surface area is 72.9 Å². The number of nitrogens with one attached hydrogen (secondary N) is 2. The van der Waals surface area contributed by atoms with Gasteiger partial charge in [0.25, 0.3) is 0 Å². The smallest absolute Gasteiger partial charge is 0.109 e. The summed E-state index contributed by atoms with van der Waals surface area (Å²) in [5, 5.41) is 6.38. The van der Waals surface area contributed by atoms with Crippen molar-refractivity contribution in [2.75, 3.05) is 26.2 Å². The van der Waals surface area contributed by atoms with Crippen molar-refractivity contribution in [3.8, 4) is 0 Å². The molecule has 0 bridgehead atoms. The van der Waals surface area contributed by atoms with E-state index in [1.807, 2.05) is 0 Å². The monoisotopic (exact) mass is 172 g/mol. The van der Waals surface area contributed by atoms with E-state index in [1.165, 1.54) is 0 Å². The molecule has 2 nitrogen and oxygen atoms in total. The first-order valence-corrected chi connectivity index (χ1v) is 4.93. The summed E-state index contributed by atoms with van der Waals surface area (Å²) in [4.78, 5) is 0. The third-order valence-electron chi connectivity index (χ3n) is 3.05. The zero-order valence-electron chi connectivity index (χ0n) is 7.35. The van der Waals surface area contributed by atoms with Crippen molar-refractivity contribution in [3.05, 3.63) is 0 Å². The molecule has 0 aliphatic carbocycles. The molecule has 2 heterocycles. The van der Waals surface area contributed by atoms with Gasteiger partial charge in [-0.25, -0.2) is 4.39 Å². The Balaban J connectivity index is 1.80. The van der Waals surface area contributed by atoms with E-state index in [1.54, 1.807) is 0 Å². The standard InChI is InChI=1S/C9H17FN2/c10-9(8-5-12-6-8)7-2-1-3-11-4-7/h7-9,11-12H,1-6H2. The van der Waals surface area contributed by atoms with Crippen LogP contribution in [-0.4, -0.2) is 32.4 Å². The number of piperidine rings is 1. The molecule has 2 unspecified atom stereocenters. The van der Waals surface area contributed by atoms with E-state index in [0.29, 0.717) is 5.92 Å². The maximum absolute atomic E-state index is 13.7. The van der Waals surface area contributed by atoms with Crippen LogP contribution in [0.15, 0.2) is 0 Å². The fourth-order valence-corrected chi connectivity index (χ4v) is 2.07. The van der Waals surface area contributed by atoms with Crippen molar-refractivity contribution in [3.63, 3.8) is 0 Å². The Morgan fingerprint density at radius 2 is 1.83 bits per heavy atom. The zero-order chi connectivity index (χ0) is 8.39.